The van der Waals surface area contributed by atoms with Crippen LogP contribution in [0.4, 0.5) is 0 Å². The van der Waals surface area contributed by atoms with Crippen LogP contribution in [0.5, 0.6) is 5.75 Å². The predicted octanol–water partition coefficient (Wildman–Crippen LogP) is 2.74. The van der Waals surface area contributed by atoms with E-state index >= 15 is 0 Å². The summed E-state index contributed by atoms with van der Waals surface area (Å²) in [7, 11) is 0. The number of carbonyl (C=O) groups is 1. The van der Waals surface area contributed by atoms with E-state index in [-0.39, 0.29) is 17.1 Å². The summed E-state index contributed by atoms with van der Waals surface area (Å²) >= 11 is 0. The van der Waals surface area contributed by atoms with Crippen LogP contribution in [0.15, 0.2) is 34.0 Å². The van der Waals surface area contributed by atoms with Crippen LogP contribution in [-0.4, -0.2) is 10.9 Å². The summed E-state index contributed by atoms with van der Waals surface area (Å²) in [5.74, 6) is -0.385. The number of benzene rings is 1. The van der Waals surface area contributed by atoms with Gasteiger partial charge in [-0.15, -0.1) is 6.58 Å². The highest BCUT2D eigenvalue weighted by molar-refractivity contribution is 6.02. The zero-order valence-electron chi connectivity index (χ0n) is 10.8. The average molecular weight is 258 g/mol. The molecule has 0 bridgehead atoms. The van der Waals surface area contributed by atoms with Crippen molar-refractivity contribution >= 4 is 16.8 Å². The van der Waals surface area contributed by atoms with E-state index in [1.54, 1.807) is 19.1 Å². The fraction of sp³-hybridized carbons (Fsp3) is 0.200. The second kappa shape index (κ2) is 4.72. The molecule has 1 heterocycles. The maximum Gasteiger partial charge on any atom is 0.336 e. The highest BCUT2D eigenvalue weighted by Crippen LogP contribution is 2.33. The number of hydrogen-bond acceptors (Lipinski definition) is 4. The lowest BCUT2D eigenvalue weighted by Crippen LogP contribution is -2.03. The van der Waals surface area contributed by atoms with Gasteiger partial charge < -0.3 is 9.52 Å². The molecular formula is C15H14O4. The van der Waals surface area contributed by atoms with Crippen molar-refractivity contribution in [2.24, 2.45) is 0 Å². The van der Waals surface area contributed by atoms with Gasteiger partial charge in [0.1, 0.15) is 11.3 Å². The minimum absolute atomic E-state index is 0.145. The molecule has 0 amide bonds. The molecule has 4 heteroatoms. The molecule has 0 aliphatic heterocycles. The standard InChI is InChI=1S/C15H14O4/c1-4-5-10-14(18)12(9(3)16)7-11-8(2)6-13(17)19-15(10)11/h4,6-7,18H,1,5H2,2-3H3. The van der Waals surface area contributed by atoms with Crippen molar-refractivity contribution in [3.8, 4) is 5.75 Å². The molecule has 4 nitrogen and oxygen atoms in total. The molecule has 2 aromatic rings. The maximum atomic E-state index is 11.6. The van der Waals surface area contributed by atoms with Crippen molar-refractivity contribution in [3.05, 3.63) is 51.9 Å². The van der Waals surface area contributed by atoms with Gasteiger partial charge in [-0.1, -0.05) is 6.08 Å². The first-order chi connectivity index (χ1) is 8.95. The summed E-state index contributed by atoms with van der Waals surface area (Å²) in [6.07, 6.45) is 1.90. The van der Waals surface area contributed by atoms with Crippen LogP contribution in [-0.2, 0) is 6.42 Å². The second-order valence-corrected chi connectivity index (χ2v) is 4.43. The minimum Gasteiger partial charge on any atom is -0.507 e. The van der Waals surface area contributed by atoms with E-state index in [0.717, 1.165) is 0 Å². The van der Waals surface area contributed by atoms with Crippen molar-refractivity contribution < 1.29 is 14.3 Å². The molecule has 0 spiro atoms. The van der Waals surface area contributed by atoms with E-state index in [0.29, 0.717) is 28.5 Å². The Morgan fingerprint density at radius 2 is 2.16 bits per heavy atom. The third kappa shape index (κ3) is 2.17. The monoisotopic (exact) mass is 258 g/mol. The Labute approximate surface area is 110 Å². The third-order valence-corrected chi connectivity index (χ3v) is 3.04. The summed E-state index contributed by atoms with van der Waals surface area (Å²) in [5.41, 5.74) is 1.18. The van der Waals surface area contributed by atoms with E-state index in [1.165, 1.54) is 13.0 Å². The fourth-order valence-electron chi connectivity index (χ4n) is 2.11. The number of rotatable bonds is 3. The molecule has 19 heavy (non-hydrogen) atoms. The second-order valence-electron chi connectivity index (χ2n) is 4.43. The Morgan fingerprint density at radius 3 is 2.74 bits per heavy atom. The average Bonchev–Trinajstić information content (AvgIpc) is 2.32. The van der Waals surface area contributed by atoms with Gasteiger partial charge in [0.15, 0.2) is 5.78 Å². The molecule has 0 radical (unpaired) electrons. The SMILES string of the molecule is C=CCc1c(O)c(C(C)=O)cc2c(C)cc(=O)oc12. The highest BCUT2D eigenvalue weighted by Gasteiger charge is 2.18. The summed E-state index contributed by atoms with van der Waals surface area (Å²) in [5, 5.41) is 10.8. The largest absolute Gasteiger partial charge is 0.507 e. The van der Waals surface area contributed by atoms with Crippen LogP contribution >= 0.6 is 0 Å². The van der Waals surface area contributed by atoms with Crippen molar-refractivity contribution in [1.82, 2.24) is 0 Å². The number of fused-ring (bicyclic) bond motifs is 1. The topological polar surface area (TPSA) is 67.5 Å². The van der Waals surface area contributed by atoms with Gasteiger partial charge in [-0.3, -0.25) is 4.79 Å². The van der Waals surface area contributed by atoms with Gasteiger partial charge in [-0.05, 0) is 31.9 Å². The summed E-state index contributed by atoms with van der Waals surface area (Å²) in [4.78, 5) is 23.0. The van der Waals surface area contributed by atoms with Crippen LogP contribution in [0, 0.1) is 6.92 Å². The summed E-state index contributed by atoms with van der Waals surface area (Å²) < 4.78 is 5.17. The highest BCUT2D eigenvalue weighted by atomic mass is 16.4. The molecule has 0 unspecified atom stereocenters. The molecule has 0 atom stereocenters. The number of phenolic OH excluding ortho intramolecular Hbond substituents is 1. The van der Waals surface area contributed by atoms with Gasteiger partial charge in [-0.25, -0.2) is 4.79 Å². The lowest BCUT2D eigenvalue weighted by atomic mass is 9.98. The summed E-state index contributed by atoms with van der Waals surface area (Å²) in [6, 6.07) is 2.92. The molecule has 2 rings (SSSR count). The number of aromatic hydroxyl groups is 1. The number of Topliss-reactive ketones (excluding diaryl/α,β-unsaturated/α-hetero) is 1. The van der Waals surface area contributed by atoms with Crippen molar-refractivity contribution in [3.63, 3.8) is 0 Å². The Kier molecular flexibility index (Phi) is 3.25. The van der Waals surface area contributed by atoms with Crippen LogP contribution in [0.2, 0.25) is 0 Å². The normalized spacial score (nSPS) is 10.6. The number of aryl methyl sites for hydroxylation is 1. The molecule has 0 fully saturated rings. The molecule has 0 saturated carbocycles. The molecule has 1 aromatic carbocycles. The van der Waals surface area contributed by atoms with Gasteiger partial charge in [-0.2, -0.15) is 0 Å². The molecule has 1 N–H and O–H groups in total. The molecule has 98 valence electrons. The summed E-state index contributed by atoms with van der Waals surface area (Å²) in [6.45, 7) is 6.75. The molecule has 1 aromatic heterocycles. The quantitative estimate of drug-likeness (QED) is 0.522. The maximum absolute atomic E-state index is 11.6. The molecule has 0 aliphatic rings. The number of ketones is 1. The van der Waals surface area contributed by atoms with Gasteiger partial charge in [0.05, 0.1) is 5.56 Å². The van der Waals surface area contributed by atoms with Crippen LogP contribution in [0.1, 0.15) is 28.4 Å². The third-order valence-electron chi connectivity index (χ3n) is 3.04. The van der Waals surface area contributed by atoms with Gasteiger partial charge in [0.25, 0.3) is 0 Å². The Morgan fingerprint density at radius 1 is 1.47 bits per heavy atom. The molecular weight excluding hydrogens is 244 g/mol. The van der Waals surface area contributed by atoms with Crippen LogP contribution in [0.25, 0.3) is 11.0 Å². The van der Waals surface area contributed by atoms with Crippen molar-refractivity contribution in [2.75, 3.05) is 0 Å². The lowest BCUT2D eigenvalue weighted by molar-refractivity contribution is 0.101. The van der Waals surface area contributed by atoms with E-state index < -0.39 is 5.63 Å². The van der Waals surface area contributed by atoms with Crippen molar-refractivity contribution in [1.29, 1.82) is 0 Å². The van der Waals surface area contributed by atoms with E-state index in [9.17, 15) is 14.7 Å². The predicted molar refractivity (Wildman–Crippen MR) is 72.8 cm³/mol. The number of allylic oxidation sites excluding steroid dienone is 1. The van der Waals surface area contributed by atoms with E-state index in [2.05, 4.69) is 6.58 Å². The first-order valence-corrected chi connectivity index (χ1v) is 5.86. The lowest BCUT2D eigenvalue weighted by Gasteiger charge is -2.11. The smallest absolute Gasteiger partial charge is 0.336 e. The van der Waals surface area contributed by atoms with Crippen LogP contribution < -0.4 is 5.63 Å². The Hall–Kier alpha value is -2.36. The fourth-order valence-corrected chi connectivity index (χ4v) is 2.11. The molecule has 0 saturated heterocycles. The number of phenols is 1. The minimum atomic E-state index is -0.481. The van der Waals surface area contributed by atoms with Crippen LogP contribution in [0.3, 0.4) is 0 Å². The van der Waals surface area contributed by atoms with E-state index in [4.69, 9.17) is 4.42 Å². The molecule has 0 aliphatic carbocycles. The Bertz CT molecular complexity index is 738. The van der Waals surface area contributed by atoms with Gasteiger partial charge in [0, 0.05) is 17.0 Å². The number of carbonyl (C=O) groups excluding carboxylic acids is 1. The first-order valence-electron chi connectivity index (χ1n) is 5.86. The van der Waals surface area contributed by atoms with E-state index in [1.807, 2.05) is 0 Å². The number of hydrogen-bond donors (Lipinski definition) is 1. The Balaban J connectivity index is 2.99. The zero-order valence-corrected chi connectivity index (χ0v) is 10.8. The zero-order chi connectivity index (χ0) is 14.2. The van der Waals surface area contributed by atoms with Crippen molar-refractivity contribution in [2.45, 2.75) is 20.3 Å². The van der Waals surface area contributed by atoms with Gasteiger partial charge >= 0.3 is 5.63 Å². The van der Waals surface area contributed by atoms with Gasteiger partial charge in [0.2, 0.25) is 0 Å². The first kappa shape index (κ1) is 13.1.